The van der Waals surface area contributed by atoms with Gasteiger partial charge in [-0.25, -0.2) is 8.78 Å². The summed E-state index contributed by atoms with van der Waals surface area (Å²) in [6.45, 7) is 6.36. The predicted octanol–water partition coefficient (Wildman–Crippen LogP) is 6.82. The van der Waals surface area contributed by atoms with Gasteiger partial charge in [0, 0.05) is 5.56 Å². The van der Waals surface area contributed by atoms with E-state index >= 15 is 0 Å². The topological polar surface area (TPSA) is 49.1 Å². The number of nitrogens with zero attached hydrogens (tertiary/aromatic N) is 3. The number of anilines is 1. The molecule has 0 amide bonds. The number of hydrogen-bond donors (Lipinski definition) is 1. The summed E-state index contributed by atoms with van der Waals surface area (Å²) in [6, 6.07) is 20.5. The highest BCUT2D eigenvalue weighted by molar-refractivity contribution is 5.99. The van der Waals surface area contributed by atoms with Gasteiger partial charge in [0.1, 0.15) is 5.69 Å². The number of amidine groups is 1. The van der Waals surface area contributed by atoms with Crippen molar-refractivity contribution in [3.05, 3.63) is 95.6 Å². The highest BCUT2D eigenvalue weighted by Crippen LogP contribution is 2.23. The molecule has 0 aliphatic heterocycles. The molecule has 29 heavy (non-hydrogen) atoms. The van der Waals surface area contributed by atoms with Crippen LogP contribution in [-0.2, 0) is 5.41 Å². The second-order valence-electron chi connectivity index (χ2n) is 7.51. The van der Waals surface area contributed by atoms with E-state index < -0.39 is 11.6 Å². The van der Waals surface area contributed by atoms with Crippen LogP contribution in [0.1, 0.15) is 31.9 Å². The third-order valence-electron chi connectivity index (χ3n) is 4.26. The van der Waals surface area contributed by atoms with Crippen LogP contribution in [0.3, 0.4) is 0 Å². The zero-order valence-electron chi connectivity index (χ0n) is 16.5. The number of benzene rings is 3. The molecule has 0 fully saturated rings. The van der Waals surface area contributed by atoms with Crippen LogP contribution in [0.4, 0.5) is 20.2 Å². The molecule has 4 nitrogen and oxygen atoms in total. The van der Waals surface area contributed by atoms with Gasteiger partial charge in [0.05, 0.1) is 5.69 Å². The molecule has 0 saturated heterocycles. The fraction of sp³-hybridized carbons (Fsp3) is 0.174. The van der Waals surface area contributed by atoms with Crippen LogP contribution in [0.2, 0.25) is 0 Å². The van der Waals surface area contributed by atoms with Gasteiger partial charge in [-0.3, -0.25) is 5.43 Å². The maximum Gasteiger partial charge on any atom is 0.201 e. The lowest BCUT2D eigenvalue weighted by Gasteiger charge is -2.19. The van der Waals surface area contributed by atoms with Crippen LogP contribution in [-0.4, -0.2) is 5.84 Å². The number of nitrogens with one attached hydrogen (secondary N) is 1. The van der Waals surface area contributed by atoms with Crippen LogP contribution in [0.25, 0.3) is 0 Å². The molecule has 0 saturated carbocycles. The van der Waals surface area contributed by atoms with E-state index in [0.717, 1.165) is 17.7 Å². The Morgan fingerprint density at radius 3 is 2.00 bits per heavy atom. The second-order valence-corrected chi connectivity index (χ2v) is 7.51. The molecule has 3 aromatic carbocycles. The van der Waals surface area contributed by atoms with Gasteiger partial charge in [0.25, 0.3) is 0 Å². The Morgan fingerprint density at radius 1 is 0.793 bits per heavy atom. The Balaban J connectivity index is 1.96. The Bertz CT molecular complexity index is 1000. The monoisotopic (exact) mass is 392 g/mol. The SMILES string of the molecule is CC(C)(C)c1ccc(C(N=Nc2ccccc2)=NNc2c(F)cccc2F)cc1. The average molecular weight is 392 g/mol. The standard InChI is InChI=1S/C23H22F2N4/c1-23(2,3)17-14-12-16(13-15-17)22(28-26-18-8-5-4-6-9-18)29-27-21-19(24)10-7-11-20(21)25/h4-15,27H,1-3H3. The van der Waals surface area contributed by atoms with E-state index in [1.54, 1.807) is 12.1 Å². The summed E-state index contributed by atoms with van der Waals surface area (Å²) >= 11 is 0. The lowest BCUT2D eigenvalue weighted by molar-refractivity contribution is 0.588. The van der Waals surface area contributed by atoms with Gasteiger partial charge in [0.15, 0.2) is 11.6 Å². The fourth-order valence-corrected chi connectivity index (χ4v) is 2.58. The summed E-state index contributed by atoms with van der Waals surface area (Å²) in [5.41, 5.74) is 4.56. The van der Waals surface area contributed by atoms with E-state index in [1.807, 2.05) is 42.5 Å². The zero-order valence-corrected chi connectivity index (χ0v) is 16.5. The zero-order chi connectivity index (χ0) is 20.9. The molecule has 0 radical (unpaired) electrons. The van der Waals surface area contributed by atoms with Crippen LogP contribution in [0.5, 0.6) is 0 Å². The van der Waals surface area contributed by atoms with Crippen molar-refractivity contribution in [3.8, 4) is 0 Å². The first-order valence-corrected chi connectivity index (χ1v) is 9.20. The van der Waals surface area contributed by atoms with Crippen molar-refractivity contribution in [2.24, 2.45) is 15.3 Å². The van der Waals surface area contributed by atoms with E-state index in [4.69, 9.17) is 0 Å². The first kappa shape index (κ1) is 20.3. The van der Waals surface area contributed by atoms with Gasteiger partial charge in [-0.1, -0.05) is 69.3 Å². The summed E-state index contributed by atoms with van der Waals surface area (Å²) in [7, 11) is 0. The maximum atomic E-state index is 13.9. The lowest BCUT2D eigenvalue weighted by Crippen LogP contribution is -2.11. The second kappa shape index (κ2) is 8.73. The summed E-state index contributed by atoms with van der Waals surface area (Å²) in [5.74, 6) is -1.27. The molecule has 0 aliphatic carbocycles. The third kappa shape index (κ3) is 5.31. The molecule has 3 aromatic rings. The lowest BCUT2D eigenvalue weighted by atomic mass is 9.87. The van der Waals surface area contributed by atoms with Gasteiger partial charge in [-0.15, -0.1) is 10.2 Å². The van der Waals surface area contributed by atoms with Gasteiger partial charge in [-0.05, 0) is 35.2 Å². The summed E-state index contributed by atoms with van der Waals surface area (Å²) in [5, 5.41) is 12.5. The fourth-order valence-electron chi connectivity index (χ4n) is 2.58. The largest absolute Gasteiger partial charge is 0.270 e. The summed E-state index contributed by atoms with van der Waals surface area (Å²) in [6.07, 6.45) is 0. The van der Waals surface area contributed by atoms with E-state index in [-0.39, 0.29) is 16.9 Å². The normalized spacial score (nSPS) is 12.4. The molecule has 0 aromatic heterocycles. The number of para-hydroxylation sites is 1. The number of rotatable bonds is 4. The molecular formula is C23H22F2N4. The molecule has 0 unspecified atom stereocenters. The smallest absolute Gasteiger partial charge is 0.201 e. The minimum Gasteiger partial charge on any atom is -0.270 e. The Morgan fingerprint density at radius 2 is 1.41 bits per heavy atom. The molecular weight excluding hydrogens is 370 g/mol. The highest BCUT2D eigenvalue weighted by Gasteiger charge is 2.14. The Kier molecular flexibility index (Phi) is 6.12. The van der Waals surface area contributed by atoms with Crippen LogP contribution < -0.4 is 5.43 Å². The van der Waals surface area contributed by atoms with Crippen molar-refractivity contribution < 1.29 is 8.78 Å². The minimum absolute atomic E-state index is 0.00403. The first-order valence-electron chi connectivity index (χ1n) is 9.20. The molecule has 0 spiro atoms. The predicted molar refractivity (Wildman–Crippen MR) is 113 cm³/mol. The summed E-state index contributed by atoms with van der Waals surface area (Å²) < 4.78 is 27.8. The van der Waals surface area contributed by atoms with Crippen molar-refractivity contribution in [1.29, 1.82) is 0 Å². The van der Waals surface area contributed by atoms with Crippen molar-refractivity contribution in [3.63, 3.8) is 0 Å². The van der Waals surface area contributed by atoms with Crippen LogP contribution >= 0.6 is 0 Å². The number of halogens is 2. The van der Waals surface area contributed by atoms with Gasteiger partial charge in [0.2, 0.25) is 5.84 Å². The molecule has 0 atom stereocenters. The quantitative estimate of drug-likeness (QED) is 0.225. The van der Waals surface area contributed by atoms with Crippen LogP contribution in [0.15, 0.2) is 88.1 Å². The molecule has 3 rings (SSSR count). The van der Waals surface area contributed by atoms with Crippen molar-refractivity contribution in [2.75, 3.05) is 5.43 Å². The number of azo groups is 1. The maximum absolute atomic E-state index is 13.9. The summed E-state index contributed by atoms with van der Waals surface area (Å²) in [4.78, 5) is 0. The van der Waals surface area contributed by atoms with Crippen molar-refractivity contribution in [2.45, 2.75) is 26.2 Å². The molecule has 0 aliphatic rings. The van der Waals surface area contributed by atoms with Crippen molar-refractivity contribution >= 4 is 17.2 Å². The van der Waals surface area contributed by atoms with E-state index in [9.17, 15) is 8.78 Å². The number of hydrazone groups is 1. The van der Waals surface area contributed by atoms with E-state index in [2.05, 4.69) is 41.5 Å². The van der Waals surface area contributed by atoms with Gasteiger partial charge in [-0.2, -0.15) is 5.10 Å². The molecule has 1 N–H and O–H groups in total. The molecule has 148 valence electrons. The minimum atomic E-state index is -0.740. The highest BCUT2D eigenvalue weighted by atomic mass is 19.1. The molecule has 6 heteroatoms. The Hall–Kier alpha value is -3.41. The average Bonchev–Trinajstić information content (AvgIpc) is 2.70. The number of hydrogen-bond acceptors (Lipinski definition) is 3. The van der Waals surface area contributed by atoms with E-state index in [0.29, 0.717) is 11.3 Å². The van der Waals surface area contributed by atoms with Crippen molar-refractivity contribution in [1.82, 2.24) is 0 Å². The molecule has 0 bridgehead atoms. The first-order chi connectivity index (χ1) is 13.8. The third-order valence-corrected chi connectivity index (χ3v) is 4.26. The van der Waals surface area contributed by atoms with E-state index in [1.165, 1.54) is 6.07 Å². The van der Waals surface area contributed by atoms with Crippen LogP contribution in [0, 0.1) is 11.6 Å². The van der Waals surface area contributed by atoms with Gasteiger partial charge >= 0.3 is 0 Å². The van der Waals surface area contributed by atoms with Gasteiger partial charge < -0.3 is 0 Å². The molecule has 0 heterocycles. The Labute approximate surface area is 169 Å².